The van der Waals surface area contributed by atoms with E-state index in [4.69, 9.17) is 11.2 Å². The quantitative estimate of drug-likeness (QED) is 0.652. The van der Waals surface area contributed by atoms with E-state index in [0.29, 0.717) is 12.8 Å². The molecule has 1 amide bonds. The maximum atomic E-state index is 11.3. The summed E-state index contributed by atoms with van der Waals surface area (Å²) in [5, 5.41) is 2.82. The lowest BCUT2D eigenvalue weighted by Crippen LogP contribution is -2.32. The third kappa shape index (κ3) is 6.50. The van der Waals surface area contributed by atoms with Crippen molar-refractivity contribution < 1.29 is 9.53 Å². The van der Waals surface area contributed by atoms with Crippen LogP contribution in [0.25, 0.3) is 0 Å². The van der Waals surface area contributed by atoms with E-state index in [9.17, 15) is 4.79 Å². The van der Waals surface area contributed by atoms with E-state index in [-0.39, 0.29) is 18.1 Å². The van der Waals surface area contributed by atoms with Crippen molar-refractivity contribution in [2.45, 2.75) is 45.3 Å². The molecule has 0 radical (unpaired) electrons. The first-order valence-corrected chi connectivity index (χ1v) is 4.85. The van der Waals surface area contributed by atoms with Crippen molar-refractivity contribution in [3.8, 4) is 12.3 Å². The minimum Gasteiger partial charge on any atom is -0.382 e. The van der Waals surface area contributed by atoms with Gasteiger partial charge in [0, 0.05) is 26.0 Å². The van der Waals surface area contributed by atoms with Crippen LogP contribution < -0.4 is 5.32 Å². The Morgan fingerprint density at radius 1 is 1.57 bits per heavy atom. The molecular formula is C11H19NO2. The molecule has 2 unspecified atom stereocenters. The first kappa shape index (κ1) is 13.0. The Bertz CT molecular complexity index is 208. The van der Waals surface area contributed by atoms with Crippen LogP contribution in [0.3, 0.4) is 0 Å². The molecule has 0 saturated carbocycles. The number of ether oxygens (including phenoxy) is 1. The van der Waals surface area contributed by atoms with Gasteiger partial charge in [-0.3, -0.25) is 4.79 Å². The van der Waals surface area contributed by atoms with E-state index in [2.05, 4.69) is 11.2 Å². The standard InChI is InChI=1S/C11H19NO2/c1-5-6-9(2)12-11(13)8-7-10(3)14-4/h1,9-10H,6-8H2,2-4H3,(H,12,13). The molecule has 0 aromatic rings. The zero-order valence-electron chi connectivity index (χ0n) is 9.17. The summed E-state index contributed by atoms with van der Waals surface area (Å²) in [6.45, 7) is 3.84. The first-order valence-electron chi connectivity index (χ1n) is 4.85. The number of carbonyl (C=O) groups is 1. The molecule has 0 aliphatic rings. The van der Waals surface area contributed by atoms with Gasteiger partial charge < -0.3 is 10.1 Å². The van der Waals surface area contributed by atoms with E-state index >= 15 is 0 Å². The molecule has 0 aliphatic heterocycles. The van der Waals surface area contributed by atoms with Crippen LogP contribution >= 0.6 is 0 Å². The maximum absolute atomic E-state index is 11.3. The zero-order valence-corrected chi connectivity index (χ0v) is 9.17. The van der Waals surface area contributed by atoms with E-state index < -0.39 is 0 Å². The monoisotopic (exact) mass is 197 g/mol. The molecule has 0 bridgehead atoms. The van der Waals surface area contributed by atoms with Crippen LogP contribution in [0.5, 0.6) is 0 Å². The van der Waals surface area contributed by atoms with Crippen molar-refractivity contribution in [3.05, 3.63) is 0 Å². The zero-order chi connectivity index (χ0) is 11.0. The van der Waals surface area contributed by atoms with Crippen molar-refractivity contribution in [3.63, 3.8) is 0 Å². The molecule has 0 heterocycles. The summed E-state index contributed by atoms with van der Waals surface area (Å²) in [7, 11) is 1.64. The van der Waals surface area contributed by atoms with Gasteiger partial charge in [-0.2, -0.15) is 0 Å². The van der Waals surface area contributed by atoms with E-state index in [0.717, 1.165) is 6.42 Å². The molecule has 3 heteroatoms. The largest absolute Gasteiger partial charge is 0.382 e. The number of methoxy groups -OCH3 is 1. The van der Waals surface area contributed by atoms with Crippen molar-refractivity contribution >= 4 is 5.91 Å². The Hall–Kier alpha value is -1.01. The molecule has 0 aromatic carbocycles. The van der Waals surface area contributed by atoms with Gasteiger partial charge in [0.1, 0.15) is 0 Å². The number of nitrogens with one attached hydrogen (secondary N) is 1. The summed E-state index contributed by atoms with van der Waals surface area (Å²) in [6, 6.07) is 0.0605. The average Bonchev–Trinajstić information content (AvgIpc) is 2.14. The Morgan fingerprint density at radius 2 is 2.21 bits per heavy atom. The molecule has 0 spiro atoms. The predicted molar refractivity (Wildman–Crippen MR) is 56.8 cm³/mol. The number of carbonyl (C=O) groups excluding carboxylic acids is 1. The van der Waals surface area contributed by atoms with Gasteiger partial charge in [0.25, 0.3) is 0 Å². The fourth-order valence-corrected chi connectivity index (χ4v) is 1.03. The van der Waals surface area contributed by atoms with Crippen molar-refractivity contribution in [2.24, 2.45) is 0 Å². The molecule has 1 N–H and O–H groups in total. The molecule has 0 saturated heterocycles. The van der Waals surface area contributed by atoms with Gasteiger partial charge in [-0.05, 0) is 20.3 Å². The molecule has 0 aliphatic carbocycles. The smallest absolute Gasteiger partial charge is 0.220 e. The van der Waals surface area contributed by atoms with Crippen LogP contribution in [0.4, 0.5) is 0 Å². The summed E-state index contributed by atoms with van der Waals surface area (Å²) in [5.41, 5.74) is 0. The second-order valence-electron chi connectivity index (χ2n) is 3.46. The van der Waals surface area contributed by atoms with Gasteiger partial charge in [0.15, 0.2) is 0 Å². The Morgan fingerprint density at radius 3 is 2.71 bits per heavy atom. The number of rotatable bonds is 6. The van der Waals surface area contributed by atoms with Crippen LogP contribution in [0.15, 0.2) is 0 Å². The Kier molecular flexibility index (Phi) is 6.87. The lowest BCUT2D eigenvalue weighted by atomic mass is 10.2. The summed E-state index contributed by atoms with van der Waals surface area (Å²) in [4.78, 5) is 11.3. The van der Waals surface area contributed by atoms with Gasteiger partial charge in [-0.15, -0.1) is 12.3 Å². The summed E-state index contributed by atoms with van der Waals surface area (Å²) < 4.78 is 5.04. The number of amides is 1. The first-order chi connectivity index (χ1) is 6.60. The molecular weight excluding hydrogens is 178 g/mol. The fourth-order valence-electron chi connectivity index (χ4n) is 1.03. The average molecular weight is 197 g/mol. The third-order valence-electron chi connectivity index (χ3n) is 2.01. The molecule has 2 atom stereocenters. The SMILES string of the molecule is C#CCC(C)NC(=O)CCC(C)OC. The highest BCUT2D eigenvalue weighted by Crippen LogP contribution is 2.00. The van der Waals surface area contributed by atoms with Crippen LogP contribution in [0, 0.1) is 12.3 Å². The van der Waals surface area contributed by atoms with E-state index in [1.807, 2.05) is 13.8 Å². The second-order valence-corrected chi connectivity index (χ2v) is 3.46. The fraction of sp³-hybridized carbons (Fsp3) is 0.727. The van der Waals surface area contributed by atoms with Gasteiger partial charge >= 0.3 is 0 Å². The number of hydrogen-bond acceptors (Lipinski definition) is 2. The maximum Gasteiger partial charge on any atom is 0.220 e. The predicted octanol–water partition coefficient (Wildman–Crippen LogP) is 1.33. The Labute approximate surface area is 86.2 Å². The van der Waals surface area contributed by atoms with Gasteiger partial charge in [0.2, 0.25) is 5.91 Å². The molecule has 80 valence electrons. The minimum atomic E-state index is 0.0386. The molecule has 3 nitrogen and oxygen atoms in total. The molecule has 14 heavy (non-hydrogen) atoms. The molecule has 0 rings (SSSR count). The van der Waals surface area contributed by atoms with Crippen LogP contribution in [0.2, 0.25) is 0 Å². The molecule has 0 fully saturated rings. The number of terminal acetylenes is 1. The topological polar surface area (TPSA) is 38.3 Å². The van der Waals surface area contributed by atoms with Crippen molar-refractivity contribution in [2.75, 3.05) is 7.11 Å². The second kappa shape index (κ2) is 7.40. The van der Waals surface area contributed by atoms with E-state index in [1.165, 1.54) is 0 Å². The highest BCUT2D eigenvalue weighted by atomic mass is 16.5. The van der Waals surface area contributed by atoms with Gasteiger partial charge in [-0.25, -0.2) is 0 Å². The van der Waals surface area contributed by atoms with E-state index in [1.54, 1.807) is 7.11 Å². The summed E-state index contributed by atoms with van der Waals surface area (Å²) in [6.07, 6.45) is 7.06. The Balaban J connectivity index is 3.61. The normalized spacial score (nSPS) is 14.1. The van der Waals surface area contributed by atoms with Crippen LogP contribution in [-0.4, -0.2) is 25.2 Å². The number of hydrogen-bond donors (Lipinski definition) is 1. The van der Waals surface area contributed by atoms with Gasteiger partial charge in [-0.1, -0.05) is 0 Å². The highest BCUT2D eigenvalue weighted by molar-refractivity contribution is 5.76. The lowest BCUT2D eigenvalue weighted by molar-refractivity contribution is -0.122. The summed E-state index contributed by atoms with van der Waals surface area (Å²) in [5.74, 6) is 2.55. The minimum absolute atomic E-state index is 0.0386. The lowest BCUT2D eigenvalue weighted by Gasteiger charge is -2.12. The van der Waals surface area contributed by atoms with Crippen LogP contribution in [0.1, 0.15) is 33.1 Å². The highest BCUT2D eigenvalue weighted by Gasteiger charge is 2.08. The van der Waals surface area contributed by atoms with Crippen molar-refractivity contribution in [1.29, 1.82) is 0 Å². The molecule has 0 aromatic heterocycles. The van der Waals surface area contributed by atoms with Gasteiger partial charge in [0.05, 0.1) is 6.10 Å². The van der Waals surface area contributed by atoms with Crippen LogP contribution in [-0.2, 0) is 9.53 Å². The third-order valence-corrected chi connectivity index (χ3v) is 2.01. The van der Waals surface area contributed by atoms with Crippen molar-refractivity contribution in [1.82, 2.24) is 5.32 Å². The summed E-state index contributed by atoms with van der Waals surface area (Å²) >= 11 is 0.